The summed E-state index contributed by atoms with van der Waals surface area (Å²) >= 11 is 12.9. The highest BCUT2D eigenvalue weighted by Gasteiger charge is 2.35. The van der Waals surface area contributed by atoms with Crippen LogP contribution in [0, 0.1) is 0 Å². The third-order valence-electron chi connectivity index (χ3n) is 4.59. The fourth-order valence-electron chi connectivity index (χ4n) is 2.78. The van der Waals surface area contributed by atoms with Gasteiger partial charge in [0.1, 0.15) is 0 Å². The molecule has 3 rings (SSSR count). The van der Waals surface area contributed by atoms with Gasteiger partial charge in [-0.05, 0) is 66.6 Å². The summed E-state index contributed by atoms with van der Waals surface area (Å²) in [7, 11) is 1.56. The van der Waals surface area contributed by atoms with E-state index < -0.39 is 0 Å². The zero-order valence-electron chi connectivity index (χ0n) is 16.8. The predicted molar refractivity (Wildman–Crippen MR) is 121 cm³/mol. The monoisotopic (exact) mass is 465 g/mol. The lowest BCUT2D eigenvalue weighted by atomic mass is 10.1. The number of benzene rings is 2. The van der Waals surface area contributed by atoms with Crippen LogP contribution >= 0.6 is 35.0 Å². The SMILES string of the molecule is CC[C@H](C)Oc1ccc(/C=C2\SC(=O)N(Cc3ccc(Cl)c(Cl)c3)C2=O)cc1OC. The lowest BCUT2D eigenvalue weighted by Gasteiger charge is -2.15. The van der Waals surface area contributed by atoms with Crippen molar-refractivity contribution in [2.75, 3.05) is 7.11 Å². The van der Waals surface area contributed by atoms with Crippen molar-refractivity contribution in [3.63, 3.8) is 0 Å². The summed E-state index contributed by atoms with van der Waals surface area (Å²) in [4.78, 5) is 26.7. The average molecular weight is 466 g/mol. The summed E-state index contributed by atoms with van der Waals surface area (Å²) in [5, 5.41) is 0.466. The fourth-order valence-corrected chi connectivity index (χ4v) is 3.94. The lowest BCUT2D eigenvalue weighted by Crippen LogP contribution is -2.27. The van der Waals surface area contributed by atoms with Gasteiger partial charge in [0.25, 0.3) is 11.1 Å². The summed E-state index contributed by atoms with van der Waals surface area (Å²) in [6.45, 7) is 4.15. The van der Waals surface area contributed by atoms with Crippen molar-refractivity contribution in [1.82, 2.24) is 4.90 Å². The fraction of sp³-hybridized carbons (Fsp3) is 0.273. The number of carbonyl (C=O) groups is 2. The van der Waals surface area contributed by atoms with Crippen molar-refractivity contribution < 1.29 is 19.1 Å². The first-order valence-corrected chi connectivity index (χ1v) is 10.9. The smallest absolute Gasteiger partial charge is 0.293 e. The van der Waals surface area contributed by atoms with Crippen LogP contribution in [0.15, 0.2) is 41.3 Å². The molecule has 1 aliphatic heterocycles. The summed E-state index contributed by atoms with van der Waals surface area (Å²) < 4.78 is 11.3. The second-order valence-electron chi connectivity index (χ2n) is 6.76. The van der Waals surface area contributed by atoms with E-state index in [1.807, 2.05) is 19.9 Å². The van der Waals surface area contributed by atoms with Crippen LogP contribution in [0.25, 0.3) is 6.08 Å². The molecule has 1 fully saturated rings. The summed E-state index contributed by atoms with van der Waals surface area (Å²) in [6.07, 6.45) is 2.61. The quantitative estimate of drug-likeness (QED) is 0.441. The Morgan fingerprint density at radius 1 is 1.10 bits per heavy atom. The first kappa shape index (κ1) is 22.5. The average Bonchev–Trinajstić information content (AvgIpc) is 2.98. The molecular weight excluding hydrogens is 445 g/mol. The number of hydrogen-bond acceptors (Lipinski definition) is 5. The van der Waals surface area contributed by atoms with Crippen LogP contribution in [0.3, 0.4) is 0 Å². The molecule has 0 bridgehead atoms. The maximum Gasteiger partial charge on any atom is 0.293 e. The number of nitrogens with zero attached hydrogens (tertiary/aromatic N) is 1. The Kier molecular flexibility index (Phi) is 7.34. The highest BCUT2D eigenvalue weighted by Crippen LogP contribution is 2.36. The third-order valence-corrected chi connectivity index (χ3v) is 6.23. The van der Waals surface area contributed by atoms with Crippen LogP contribution in [0.2, 0.25) is 10.0 Å². The van der Waals surface area contributed by atoms with Gasteiger partial charge in [-0.3, -0.25) is 14.5 Å². The number of amides is 2. The highest BCUT2D eigenvalue weighted by atomic mass is 35.5. The predicted octanol–water partition coefficient (Wildman–Crippen LogP) is 6.42. The van der Waals surface area contributed by atoms with Gasteiger partial charge in [-0.1, -0.05) is 42.3 Å². The summed E-state index contributed by atoms with van der Waals surface area (Å²) in [5.74, 6) is 0.853. The van der Waals surface area contributed by atoms with Crippen molar-refractivity contribution >= 4 is 52.2 Å². The molecule has 1 atom stereocenters. The number of rotatable bonds is 7. The van der Waals surface area contributed by atoms with E-state index in [1.165, 1.54) is 4.90 Å². The van der Waals surface area contributed by atoms with Crippen LogP contribution in [0.4, 0.5) is 4.79 Å². The molecule has 0 spiro atoms. The Balaban J connectivity index is 1.80. The van der Waals surface area contributed by atoms with Gasteiger partial charge >= 0.3 is 0 Å². The zero-order chi connectivity index (χ0) is 21.8. The molecule has 0 aromatic heterocycles. The second-order valence-corrected chi connectivity index (χ2v) is 8.57. The van der Waals surface area contributed by atoms with E-state index in [4.69, 9.17) is 32.7 Å². The Labute approximate surface area is 189 Å². The minimum absolute atomic E-state index is 0.0580. The van der Waals surface area contributed by atoms with Gasteiger partial charge in [0.15, 0.2) is 11.5 Å². The Morgan fingerprint density at radius 2 is 1.87 bits per heavy atom. The van der Waals surface area contributed by atoms with E-state index in [2.05, 4.69) is 0 Å². The third kappa shape index (κ3) is 5.12. The minimum atomic E-state index is -0.352. The Bertz CT molecular complexity index is 1010. The molecule has 0 radical (unpaired) electrons. The molecule has 30 heavy (non-hydrogen) atoms. The number of hydrogen-bond donors (Lipinski definition) is 0. The van der Waals surface area contributed by atoms with Crippen LogP contribution < -0.4 is 9.47 Å². The molecule has 1 aliphatic rings. The minimum Gasteiger partial charge on any atom is -0.493 e. The largest absolute Gasteiger partial charge is 0.493 e. The van der Waals surface area contributed by atoms with E-state index in [1.54, 1.807) is 43.5 Å². The van der Waals surface area contributed by atoms with Crippen molar-refractivity contribution in [3.8, 4) is 11.5 Å². The number of thioether (sulfide) groups is 1. The van der Waals surface area contributed by atoms with Gasteiger partial charge in [0.2, 0.25) is 0 Å². The maximum absolute atomic E-state index is 12.8. The van der Waals surface area contributed by atoms with Gasteiger partial charge in [0.05, 0.1) is 34.7 Å². The molecule has 1 saturated heterocycles. The van der Waals surface area contributed by atoms with Crippen molar-refractivity contribution in [2.45, 2.75) is 32.9 Å². The van der Waals surface area contributed by atoms with E-state index in [0.717, 1.165) is 29.3 Å². The number of carbonyl (C=O) groups excluding carboxylic acids is 2. The van der Waals surface area contributed by atoms with E-state index in [0.29, 0.717) is 26.4 Å². The highest BCUT2D eigenvalue weighted by molar-refractivity contribution is 8.18. The van der Waals surface area contributed by atoms with Crippen molar-refractivity contribution in [2.24, 2.45) is 0 Å². The van der Waals surface area contributed by atoms with Crippen molar-refractivity contribution in [1.29, 1.82) is 0 Å². The number of halogens is 2. The summed E-state index contributed by atoms with van der Waals surface area (Å²) in [6, 6.07) is 10.4. The summed E-state index contributed by atoms with van der Waals surface area (Å²) in [5.41, 5.74) is 1.46. The molecule has 1 heterocycles. The second kappa shape index (κ2) is 9.77. The number of ether oxygens (including phenoxy) is 2. The van der Waals surface area contributed by atoms with Gasteiger partial charge in [-0.25, -0.2) is 0 Å². The Morgan fingerprint density at radius 3 is 2.53 bits per heavy atom. The zero-order valence-corrected chi connectivity index (χ0v) is 19.1. The maximum atomic E-state index is 12.8. The van der Waals surface area contributed by atoms with Crippen LogP contribution in [-0.2, 0) is 11.3 Å². The lowest BCUT2D eigenvalue weighted by molar-refractivity contribution is -0.123. The van der Waals surface area contributed by atoms with Gasteiger partial charge in [0, 0.05) is 0 Å². The standard InChI is InChI=1S/C22H21Cl2NO4S/c1-4-13(2)29-18-8-6-14(10-19(18)28-3)11-20-21(26)25(22(27)30-20)12-15-5-7-16(23)17(24)9-15/h5-11,13H,4,12H2,1-3H3/b20-11-/t13-/m0/s1. The molecule has 0 saturated carbocycles. The first-order chi connectivity index (χ1) is 14.3. The van der Waals surface area contributed by atoms with Gasteiger partial charge < -0.3 is 9.47 Å². The Hall–Kier alpha value is -2.15. The first-order valence-electron chi connectivity index (χ1n) is 9.36. The van der Waals surface area contributed by atoms with Gasteiger partial charge in [-0.15, -0.1) is 0 Å². The molecule has 158 valence electrons. The molecule has 0 aliphatic carbocycles. The van der Waals surface area contributed by atoms with Gasteiger partial charge in [-0.2, -0.15) is 0 Å². The van der Waals surface area contributed by atoms with Crippen molar-refractivity contribution in [3.05, 3.63) is 62.5 Å². The van der Waals surface area contributed by atoms with Crippen LogP contribution in [0.5, 0.6) is 11.5 Å². The molecule has 2 amide bonds. The normalized spacial score (nSPS) is 16.3. The van der Waals surface area contributed by atoms with Crippen LogP contribution in [-0.4, -0.2) is 29.3 Å². The molecule has 2 aromatic rings. The van der Waals surface area contributed by atoms with E-state index in [9.17, 15) is 9.59 Å². The molecule has 2 aromatic carbocycles. The number of methoxy groups -OCH3 is 1. The molecule has 0 unspecified atom stereocenters. The molecule has 0 N–H and O–H groups in total. The van der Waals surface area contributed by atoms with E-state index in [-0.39, 0.29) is 23.8 Å². The number of imide groups is 1. The molecule has 5 nitrogen and oxygen atoms in total. The van der Waals surface area contributed by atoms with E-state index >= 15 is 0 Å². The van der Waals surface area contributed by atoms with Crippen LogP contribution in [0.1, 0.15) is 31.4 Å². The molecule has 8 heteroatoms. The topological polar surface area (TPSA) is 55.8 Å². The molecular formula is C22H21Cl2NO4S.